The molecule has 4 aliphatic heterocycles. The van der Waals surface area contributed by atoms with Crippen molar-refractivity contribution in [1.82, 2.24) is 0 Å². The molecule has 2 bridgehead atoms. The number of hydrogen-bond donors (Lipinski definition) is 1. The van der Waals surface area contributed by atoms with E-state index in [9.17, 15) is 9.90 Å². The molecule has 0 saturated carbocycles. The first kappa shape index (κ1) is 28.8. The van der Waals surface area contributed by atoms with Crippen molar-refractivity contribution < 1.29 is 33.6 Å². The van der Waals surface area contributed by atoms with Crippen LogP contribution in [0.5, 0.6) is 0 Å². The van der Waals surface area contributed by atoms with Gasteiger partial charge in [-0.05, 0) is 44.9 Å². The van der Waals surface area contributed by atoms with Gasteiger partial charge in [-0.25, -0.2) is 4.79 Å². The lowest BCUT2D eigenvalue weighted by Gasteiger charge is -2.27. The molecule has 0 aromatic carbocycles. The van der Waals surface area contributed by atoms with Crippen molar-refractivity contribution in [3.8, 4) is 11.8 Å². The summed E-state index contributed by atoms with van der Waals surface area (Å²) in [6, 6.07) is 0. The van der Waals surface area contributed by atoms with Crippen molar-refractivity contribution in [3.05, 3.63) is 48.1 Å². The fraction of sp³-hybridized carbons (Fsp3) is 0.645. The third-order valence-electron chi connectivity index (χ3n) is 7.55. The summed E-state index contributed by atoms with van der Waals surface area (Å²) in [5.74, 6) is 5.33. The summed E-state index contributed by atoms with van der Waals surface area (Å²) < 4.78 is 29.4. The summed E-state index contributed by atoms with van der Waals surface area (Å²) in [6.07, 6.45) is 12.3. The minimum Gasteiger partial charge on any atom is -0.450 e. The highest BCUT2D eigenvalue weighted by molar-refractivity contribution is 5.88. The van der Waals surface area contributed by atoms with E-state index in [1.54, 1.807) is 7.11 Å². The molecule has 0 aromatic heterocycles. The molecule has 1 saturated heterocycles. The molecule has 208 valence electrons. The molecular formula is C31H42O7. The highest BCUT2D eigenvalue weighted by Crippen LogP contribution is 2.35. The van der Waals surface area contributed by atoms with Crippen LogP contribution in [0.1, 0.15) is 58.8 Å². The maximum absolute atomic E-state index is 12.7. The van der Waals surface area contributed by atoms with Crippen molar-refractivity contribution in [1.29, 1.82) is 0 Å². The number of hydrogen-bond acceptors (Lipinski definition) is 7. The minimum absolute atomic E-state index is 0.0557. The van der Waals surface area contributed by atoms with Gasteiger partial charge in [0.1, 0.15) is 18.3 Å². The second-order valence-corrected chi connectivity index (χ2v) is 11.1. The lowest BCUT2D eigenvalue weighted by molar-refractivity contribution is -0.147. The van der Waals surface area contributed by atoms with E-state index in [2.05, 4.69) is 44.4 Å². The molecule has 0 aliphatic carbocycles. The van der Waals surface area contributed by atoms with Gasteiger partial charge in [-0.1, -0.05) is 60.9 Å². The van der Waals surface area contributed by atoms with Crippen molar-refractivity contribution in [2.45, 2.75) is 108 Å². The van der Waals surface area contributed by atoms with Gasteiger partial charge in [0, 0.05) is 25.9 Å². The second kappa shape index (κ2) is 13.7. The van der Waals surface area contributed by atoms with Crippen LogP contribution < -0.4 is 0 Å². The van der Waals surface area contributed by atoms with Gasteiger partial charge >= 0.3 is 5.97 Å². The molecule has 0 amide bonds. The Labute approximate surface area is 226 Å². The quantitative estimate of drug-likeness (QED) is 0.193. The Bertz CT molecular complexity index is 986. The maximum Gasteiger partial charge on any atom is 0.384 e. The van der Waals surface area contributed by atoms with Gasteiger partial charge in [0.05, 0.1) is 37.1 Å². The SMILES string of the molecule is C=C1CC(C)CC2CC=CC(CC#CC(=O)OC(C(C=CC3CC(C)=CCO3)OC)CC3OC3C(O)C1)O2. The third-order valence-corrected chi connectivity index (χ3v) is 7.55. The first-order valence-electron chi connectivity index (χ1n) is 13.8. The minimum atomic E-state index is -0.657. The number of methoxy groups -OCH3 is 1. The molecule has 0 radical (unpaired) electrons. The van der Waals surface area contributed by atoms with Crippen molar-refractivity contribution in [3.63, 3.8) is 0 Å². The topological polar surface area (TPSA) is 86.8 Å². The van der Waals surface area contributed by atoms with Crippen LogP contribution in [0.25, 0.3) is 0 Å². The van der Waals surface area contributed by atoms with Crippen molar-refractivity contribution in [2.75, 3.05) is 13.7 Å². The van der Waals surface area contributed by atoms with Gasteiger partial charge in [-0.3, -0.25) is 0 Å². The number of aliphatic hydroxyl groups excluding tert-OH is 1. The van der Waals surface area contributed by atoms with Crippen LogP contribution >= 0.6 is 0 Å². The number of cyclic esters (lactones) is 1. The fourth-order valence-electron chi connectivity index (χ4n) is 5.56. The summed E-state index contributed by atoms with van der Waals surface area (Å²) in [5.41, 5.74) is 2.28. The lowest BCUT2D eigenvalue weighted by atomic mass is 9.91. The van der Waals surface area contributed by atoms with Crippen LogP contribution in [0.4, 0.5) is 0 Å². The Morgan fingerprint density at radius 1 is 1.24 bits per heavy atom. The van der Waals surface area contributed by atoms with E-state index >= 15 is 0 Å². The predicted octanol–water partition coefficient (Wildman–Crippen LogP) is 4.21. The maximum atomic E-state index is 12.7. The van der Waals surface area contributed by atoms with E-state index in [1.165, 1.54) is 5.57 Å². The van der Waals surface area contributed by atoms with Crippen LogP contribution in [0, 0.1) is 17.8 Å². The molecule has 9 unspecified atom stereocenters. The Kier molecular flexibility index (Phi) is 10.4. The summed E-state index contributed by atoms with van der Waals surface area (Å²) in [5, 5.41) is 10.8. The normalized spacial score (nSPS) is 37.6. The molecule has 38 heavy (non-hydrogen) atoms. The zero-order valence-electron chi connectivity index (χ0n) is 22.8. The molecule has 9 atom stereocenters. The molecule has 0 spiro atoms. The number of esters is 1. The Balaban J connectivity index is 1.48. The summed E-state index contributed by atoms with van der Waals surface area (Å²) in [6.45, 7) is 9.07. The molecule has 1 N–H and O–H groups in total. The largest absolute Gasteiger partial charge is 0.450 e. The number of carbonyl (C=O) groups excluding carboxylic acids is 1. The summed E-state index contributed by atoms with van der Waals surface area (Å²) >= 11 is 0. The molecule has 4 rings (SSSR count). The smallest absolute Gasteiger partial charge is 0.384 e. The monoisotopic (exact) mass is 526 g/mol. The molecule has 7 heteroatoms. The van der Waals surface area contributed by atoms with E-state index < -0.39 is 24.3 Å². The second-order valence-electron chi connectivity index (χ2n) is 11.1. The van der Waals surface area contributed by atoms with Gasteiger partial charge < -0.3 is 28.8 Å². The predicted molar refractivity (Wildman–Crippen MR) is 144 cm³/mol. The van der Waals surface area contributed by atoms with Crippen LogP contribution in [-0.2, 0) is 28.5 Å². The van der Waals surface area contributed by atoms with Crippen LogP contribution in [0.15, 0.2) is 48.1 Å². The Hall–Kier alpha value is -2.21. The molecule has 4 aliphatic rings. The number of epoxide rings is 1. The highest BCUT2D eigenvalue weighted by Gasteiger charge is 2.47. The van der Waals surface area contributed by atoms with E-state index in [0.717, 1.165) is 31.3 Å². The lowest BCUT2D eigenvalue weighted by Crippen LogP contribution is -2.34. The van der Waals surface area contributed by atoms with Gasteiger partial charge in [-0.15, -0.1) is 0 Å². The average molecular weight is 527 g/mol. The van der Waals surface area contributed by atoms with E-state index in [1.807, 2.05) is 18.2 Å². The summed E-state index contributed by atoms with van der Waals surface area (Å²) in [7, 11) is 1.58. The van der Waals surface area contributed by atoms with Gasteiger partial charge in [-0.2, -0.15) is 0 Å². The number of aliphatic hydroxyl groups is 1. The summed E-state index contributed by atoms with van der Waals surface area (Å²) in [4.78, 5) is 12.7. The average Bonchev–Trinajstić information content (AvgIpc) is 3.63. The number of fused-ring (bicyclic) bond motifs is 3. The van der Waals surface area contributed by atoms with E-state index in [4.69, 9.17) is 23.7 Å². The zero-order chi connectivity index (χ0) is 27.1. The first-order chi connectivity index (χ1) is 18.3. The number of ether oxygens (including phenoxy) is 5. The van der Waals surface area contributed by atoms with Gasteiger partial charge in [0.15, 0.2) is 0 Å². The molecule has 0 aromatic rings. The highest BCUT2D eigenvalue weighted by atomic mass is 16.6. The molecule has 7 nitrogen and oxygen atoms in total. The molecule has 4 heterocycles. The van der Waals surface area contributed by atoms with E-state index in [-0.39, 0.29) is 30.5 Å². The fourth-order valence-corrected chi connectivity index (χ4v) is 5.56. The first-order valence-corrected chi connectivity index (χ1v) is 13.8. The van der Waals surface area contributed by atoms with Crippen molar-refractivity contribution in [2.24, 2.45) is 5.92 Å². The van der Waals surface area contributed by atoms with E-state index in [0.29, 0.717) is 31.8 Å². The molecule has 1 fully saturated rings. The Morgan fingerprint density at radius 3 is 2.87 bits per heavy atom. The van der Waals surface area contributed by atoms with Crippen LogP contribution in [0.3, 0.4) is 0 Å². The zero-order valence-corrected chi connectivity index (χ0v) is 22.8. The molecular weight excluding hydrogens is 484 g/mol. The third kappa shape index (κ3) is 8.65. The Morgan fingerprint density at radius 2 is 2.08 bits per heavy atom. The number of carbonyl (C=O) groups is 1. The van der Waals surface area contributed by atoms with Crippen molar-refractivity contribution >= 4 is 5.97 Å². The standard InChI is InChI=1S/C31H42O7/c1-20-13-14-35-24(16-20)11-12-27(34-4)28-19-29-31(38-29)26(32)18-22(3)15-21(2)17-25-9-5-7-23(36-25)8-6-10-30(33)37-28/h5,7,11-13,21,23-29,31-32H,3,8-9,14-19H2,1-2,4H3. The number of rotatable bonds is 4. The van der Waals surface area contributed by atoms with Crippen LogP contribution in [0.2, 0.25) is 0 Å². The van der Waals surface area contributed by atoms with Crippen LogP contribution in [-0.4, -0.2) is 73.6 Å². The van der Waals surface area contributed by atoms with Gasteiger partial charge in [0.2, 0.25) is 0 Å². The van der Waals surface area contributed by atoms with Gasteiger partial charge in [0.25, 0.3) is 0 Å².